The summed E-state index contributed by atoms with van der Waals surface area (Å²) >= 11 is 0. The van der Waals surface area contributed by atoms with Crippen LogP contribution in [0.25, 0.3) is 32.7 Å². The third kappa shape index (κ3) is 2.02. The second-order valence-corrected chi connectivity index (χ2v) is 7.49. The minimum atomic E-state index is 0.106. The molecule has 0 radical (unpaired) electrons. The lowest BCUT2D eigenvalue weighted by Gasteiger charge is -2.19. The van der Waals surface area contributed by atoms with Gasteiger partial charge in [-0.2, -0.15) is 0 Å². The number of phenols is 1. The highest BCUT2D eigenvalue weighted by atomic mass is 16.3. The van der Waals surface area contributed by atoms with E-state index < -0.39 is 0 Å². The van der Waals surface area contributed by atoms with Crippen molar-refractivity contribution in [2.45, 2.75) is 5.92 Å². The summed E-state index contributed by atoms with van der Waals surface area (Å²) in [7, 11) is 0. The molecule has 0 bridgehead atoms. The highest BCUT2D eigenvalue weighted by molar-refractivity contribution is 6.01. The maximum Gasteiger partial charge on any atom is 0.123 e. The molecule has 0 saturated carbocycles. The summed E-state index contributed by atoms with van der Waals surface area (Å²) in [6, 6.07) is 33.9. The highest BCUT2D eigenvalue weighted by Gasteiger charge is 2.32. The van der Waals surface area contributed by atoms with Crippen LogP contribution in [0.15, 0.2) is 97.1 Å². The average Bonchev–Trinajstić information content (AvgIpc) is 3.08. The zero-order valence-corrected chi connectivity index (χ0v) is 15.3. The third-order valence-electron chi connectivity index (χ3n) is 6.05. The van der Waals surface area contributed by atoms with Gasteiger partial charge in [0.2, 0.25) is 0 Å². The summed E-state index contributed by atoms with van der Waals surface area (Å²) < 4.78 is 0. The summed E-state index contributed by atoms with van der Waals surface area (Å²) in [5.74, 6) is 0.460. The molecule has 1 aliphatic rings. The lowest BCUT2D eigenvalue weighted by Crippen LogP contribution is -2.01. The largest absolute Gasteiger partial charge is 0.507 e. The Balaban J connectivity index is 1.78. The van der Waals surface area contributed by atoms with E-state index in [1.807, 2.05) is 6.07 Å². The van der Waals surface area contributed by atoms with E-state index in [4.69, 9.17) is 0 Å². The molecule has 1 aliphatic carbocycles. The molecule has 1 N–H and O–H groups in total. The Morgan fingerprint density at radius 1 is 0.536 bits per heavy atom. The molecule has 0 aliphatic heterocycles. The maximum absolute atomic E-state index is 10.8. The van der Waals surface area contributed by atoms with Crippen molar-refractivity contribution in [2.24, 2.45) is 0 Å². The summed E-state index contributed by atoms with van der Waals surface area (Å²) in [5, 5.41) is 15.4. The molecule has 28 heavy (non-hydrogen) atoms. The second-order valence-electron chi connectivity index (χ2n) is 7.49. The Morgan fingerprint density at radius 3 is 2.21 bits per heavy atom. The number of hydrogen-bond acceptors (Lipinski definition) is 1. The van der Waals surface area contributed by atoms with E-state index in [1.165, 1.54) is 38.6 Å². The normalized spacial score (nSPS) is 14.9. The molecule has 1 heteroatoms. The second kappa shape index (κ2) is 5.71. The van der Waals surface area contributed by atoms with Crippen LogP contribution in [0.4, 0.5) is 0 Å². The minimum Gasteiger partial charge on any atom is -0.507 e. The molecule has 0 fully saturated rings. The molecule has 1 unspecified atom stereocenters. The summed E-state index contributed by atoms with van der Waals surface area (Å²) in [4.78, 5) is 0. The standard InChI is InChI=1S/C27H18O/c28-24-14-6-9-18-15-16-23-20-11-3-4-12-22(20)26(27(23)25(18)24)21-13-5-8-17-7-1-2-10-19(17)21/h1-16,26,28H. The lowest BCUT2D eigenvalue weighted by atomic mass is 9.84. The van der Waals surface area contributed by atoms with Gasteiger partial charge in [-0.3, -0.25) is 0 Å². The van der Waals surface area contributed by atoms with Crippen LogP contribution < -0.4 is 0 Å². The topological polar surface area (TPSA) is 20.2 Å². The molecule has 5 aromatic carbocycles. The van der Waals surface area contributed by atoms with Crippen LogP contribution >= 0.6 is 0 Å². The average molecular weight is 358 g/mol. The van der Waals surface area contributed by atoms with Gasteiger partial charge in [0.15, 0.2) is 0 Å². The van der Waals surface area contributed by atoms with Gasteiger partial charge in [0, 0.05) is 11.3 Å². The first-order valence-electron chi connectivity index (χ1n) is 9.64. The molecular formula is C27H18O. The lowest BCUT2D eigenvalue weighted by molar-refractivity contribution is 0.481. The van der Waals surface area contributed by atoms with Crippen molar-refractivity contribution in [2.75, 3.05) is 0 Å². The van der Waals surface area contributed by atoms with Crippen LogP contribution in [-0.4, -0.2) is 5.11 Å². The molecule has 0 aromatic heterocycles. The number of rotatable bonds is 1. The smallest absolute Gasteiger partial charge is 0.123 e. The molecule has 0 spiro atoms. The van der Waals surface area contributed by atoms with Crippen molar-refractivity contribution in [1.29, 1.82) is 0 Å². The maximum atomic E-state index is 10.8. The first-order valence-corrected chi connectivity index (χ1v) is 9.64. The van der Waals surface area contributed by atoms with E-state index in [2.05, 4.69) is 84.9 Å². The van der Waals surface area contributed by atoms with Crippen molar-refractivity contribution in [3.63, 3.8) is 0 Å². The van der Waals surface area contributed by atoms with Crippen LogP contribution in [0.5, 0.6) is 5.75 Å². The van der Waals surface area contributed by atoms with Gasteiger partial charge in [-0.1, -0.05) is 91.0 Å². The molecule has 5 aromatic rings. The quantitative estimate of drug-likeness (QED) is 0.340. The number of aromatic hydroxyl groups is 1. The van der Waals surface area contributed by atoms with Gasteiger partial charge < -0.3 is 5.11 Å². The van der Waals surface area contributed by atoms with Crippen LogP contribution in [0.1, 0.15) is 22.6 Å². The number of hydrogen-bond donors (Lipinski definition) is 1. The minimum absolute atomic E-state index is 0.106. The Labute approximate surface area is 163 Å². The fraction of sp³-hybridized carbons (Fsp3) is 0.0370. The Hall–Kier alpha value is -3.58. The monoisotopic (exact) mass is 358 g/mol. The first kappa shape index (κ1) is 15.5. The Bertz CT molecular complexity index is 1370. The molecule has 0 amide bonds. The number of fused-ring (bicyclic) bond motifs is 6. The van der Waals surface area contributed by atoms with E-state index >= 15 is 0 Å². The van der Waals surface area contributed by atoms with Gasteiger partial charge in [-0.05, 0) is 50.0 Å². The van der Waals surface area contributed by atoms with E-state index in [1.54, 1.807) is 6.07 Å². The van der Waals surface area contributed by atoms with Gasteiger partial charge in [0.25, 0.3) is 0 Å². The molecule has 6 rings (SSSR count). The van der Waals surface area contributed by atoms with Gasteiger partial charge in [0.05, 0.1) is 0 Å². The number of benzene rings is 5. The fourth-order valence-electron chi connectivity index (χ4n) is 4.90. The highest BCUT2D eigenvalue weighted by Crippen LogP contribution is 2.53. The molecule has 0 saturated heterocycles. The van der Waals surface area contributed by atoms with Crippen molar-refractivity contribution >= 4 is 21.5 Å². The SMILES string of the molecule is Oc1cccc2ccc3c(c12)C(c1cccc2ccccc12)c1ccccc1-3. The van der Waals surface area contributed by atoms with Crippen molar-refractivity contribution < 1.29 is 5.11 Å². The molecule has 0 heterocycles. The van der Waals surface area contributed by atoms with Crippen molar-refractivity contribution in [1.82, 2.24) is 0 Å². The van der Waals surface area contributed by atoms with E-state index in [0.29, 0.717) is 5.75 Å². The van der Waals surface area contributed by atoms with Crippen LogP contribution in [0.2, 0.25) is 0 Å². The zero-order valence-electron chi connectivity index (χ0n) is 15.3. The van der Waals surface area contributed by atoms with Gasteiger partial charge in [-0.15, -0.1) is 0 Å². The Kier molecular flexibility index (Phi) is 3.15. The Morgan fingerprint density at radius 2 is 1.25 bits per heavy atom. The molecule has 1 atom stereocenters. The van der Waals surface area contributed by atoms with E-state index in [9.17, 15) is 5.11 Å². The summed E-state index contributed by atoms with van der Waals surface area (Å²) in [5.41, 5.74) is 6.31. The van der Waals surface area contributed by atoms with Gasteiger partial charge >= 0.3 is 0 Å². The van der Waals surface area contributed by atoms with Crippen LogP contribution in [-0.2, 0) is 0 Å². The van der Waals surface area contributed by atoms with E-state index in [-0.39, 0.29) is 5.92 Å². The fourth-order valence-corrected chi connectivity index (χ4v) is 4.90. The van der Waals surface area contributed by atoms with Crippen LogP contribution in [0.3, 0.4) is 0 Å². The molecule has 132 valence electrons. The third-order valence-corrected chi connectivity index (χ3v) is 6.05. The molecule has 1 nitrogen and oxygen atoms in total. The number of phenolic OH excluding ortho intramolecular Hbond substituents is 1. The molecular weight excluding hydrogens is 340 g/mol. The van der Waals surface area contributed by atoms with Crippen LogP contribution in [0, 0.1) is 0 Å². The first-order chi connectivity index (χ1) is 13.8. The van der Waals surface area contributed by atoms with Gasteiger partial charge in [0.1, 0.15) is 5.75 Å². The van der Waals surface area contributed by atoms with Crippen molar-refractivity contribution in [3.8, 4) is 16.9 Å². The predicted molar refractivity (Wildman–Crippen MR) is 116 cm³/mol. The summed E-state index contributed by atoms with van der Waals surface area (Å²) in [6.07, 6.45) is 0. The van der Waals surface area contributed by atoms with E-state index in [0.717, 1.165) is 10.8 Å². The predicted octanol–water partition coefficient (Wildman–Crippen LogP) is 6.86. The summed E-state index contributed by atoms with van der Waals surface area (Å²) in [6.45, 7) is 0. The zero-order chi connectivity index (χ0) is 18.7. The van der Waals surface area contributed by atoms with Crippen molar-refractivity contribution in [3.05, 3.63) is 114 Å². The van der Waals surface area contributed by atoms with Gasteiger partial charge in [-0.25, -0.2) is 0 Å².